The maximum absolute atomic E-state index is 12.6. The average Bonchev–Trinajstić information content (AvgIpc) is 2.79. The Morgan fingerprint density at radius 2 is 1.68 bits per heavy atom. The molecule has 1 N–H and O–H groups in total. The van der Waals surface area contributed by atoms with E-state index in [0.29, 0.717) is 5.56 Å². The monoisotopic (exact) mass is 464 g/mol. The van der Waals surface area contributed by atoms with E-state index in [1.165, 1.54) is 31.3 Å². The first-order chi connectivity index (χ1) is 14.9. The second-order valence-corrected chi connectivity index (χ2v) is 7.13. The predicted molar refractivity (Wildman–Crippen MR) is 115 cm³/mol. The van der Waals surface area contributed by atoms with Crippen LogP contribution in [0.2, 0.25) is 10.0 Å². The maximum atomic E-state index is 12.6. The summed E-state index contributed by atoms with van der Waals surface area (Å²) in [6.07, 6.45) is 0. The highest BCUT2D eigenvalue weighted by Gasteiger charge is 2.33. The van der Waals surface area contributed by atoms with Gasteiger partial charge in [0.25, 0.3) is 5.91 Å². The molecule has 0 radical (unpaired) electrons. The standard InChI is InChI=1S/C21H18Cl2N2O6/c1-29-20(27)13-10-31-11-25(18(13)21(28)30-2)17-9-16(14(22)8-15(17)23)24-19(26)12-6-4-3-5-7-12/h3-9H,10-11H2,1-2H3,(H,24,26). The number of anilines is 2. The van der Waals surface area contributed by atoms with E-state index in [9.17, 15) is 14.4 Å². The molecule has 1 heterocycles. The molecular formula is C21H18Cl2N2O6. The van der Waals surface area contributed by atoms with Crippen LogP contribution >= 0.6 is 23.2 Å². The van der Waals surface area contributed by atoms with Gasteiger partial charge in [0.05, 0.1) is 47.8 Å². The third-order valence-electron chi connectivity index (χ3n) is 4.44. The number of nitrogens with zero attached hydrogens (tertiary/aromatic N) is 1. The molecule has 1 aliphatic rings. The molecule has 0 aliphatic carbocycles. The van der Waals surface area contributed by atoms with E-state index in [0.717, 1.165) is 0 Å². The van der Waals surface area contributed by atoms with Crippen molar-refractivity contribution in [1.82, 2.24) is 0 Å². The van der Waals surface area contributed by atoms with E-state index >= 15 is 0 Å². The van der Waals surface area contributed by atoms with E-state index in [1.54, 1.807) is 30.3 Å². The quantitative estimate of drug-likeness (QED) is 0.674. The third kappa shape index (κ3) is 4.82. The molecule has 0 bridgehead atoms. The van der Waals surface area contributed by atoms with Crippen LogP contribution in [-0.4, -0.2) is 45.4 Å². The SMILES string of the molecule is COC(=O)C1=C(C(=O)OC)N(c2cc(NC(=O)c3ccccc3)c(Cl)cc2Cl)COC1. The van der Waals surface area contributed by atoms with Crippen molar-refractivity contribution in [3.8, 4) is 0 Å². The van der Waals surface area contributed by atoms with E-state index in [1.807, 2.05) is 0 Å². The molecule has 0 unspecified atom stereocenters. The van der Waals surface area contributed by atoms with E-state index in [-0.39, 0.29) is 51.9 Å². The van der Waals surface area contributed by atoms with Gasteiger partial charge < -0.3 is 24.4 Å². The first-order valence-corrected chi connectivity index (χ1v) is 9.73. The van der Waals surface area contributed by atoms with Crippen LogP contribution in [0.5, 0.6) is 0 Å². The van der Waals surface area contributed by atoms with Crippen molar-refractivity contribution in [2.75, 3.05) is 37.8 Å². The van der Waals surface area contributed by atoms with Crippen molar-refractivity contribution in [1.29, 1.82) is 0 Å². The van der Waals surface area contributed by atoms with Crippen LogP contribution < -0.4 is 10.2 Å². The van der Waals surface area contributed by atoms with Crippen molar-refractivity contribution in [3.05, 3.63) is 69.3 Å². The second kappa shape index (κ2) is 9.82. The fourth-order valence-electron chi connectivity index (χ4n) is 2.96. The third-order valence-corrected chi connectivity index (χ3v) is 5.06. The molecule has 31 heavy (non-hydrogen) atoms. The molecular weight excluding hydrogens is 447 g/mol. The number of rotatable bonds is 5. The normalized spacial score (nSPS) is 13.6. The number of carbonyl (C=O) groups excluding carboxylic acids is 3. The average molecular weight is 465 g/mol. The number of ether oxygens (including phenoxy) is 3. The summed E-state index contributed by atoms with van der Waals surface area (Å²) in [6, 6.07) is 11.5. The summed E-state index contributed by atoms with van der Waals surface area (Å²) in [5, 5.41) is 3.07. The molecule has 0 spiro atoms. The molecule has 1 aliphatic heterocycles. The van der Waals surface area contributed by atoms with Crippen LogP contribution in [0.4, 0.5) is 11.4 Å². The minimum Gasteiger partial charge on any atom is -0.466 e. The number of methoxy groups -OCH3 is 2. The lowest BCUT2D eigenvalue weighted by Crippen LogP contribution is -2.39. The van der Waals surface area contributed by atoms with Crippen molar-refractivity contribution in [2.45, 2.75) is 0 Å². The number of nitrogens with one attached hydrogen (secondary N) is 1. The lowest BCUT2D eigenvalue weighted by molar-refractivity contribution is -0.140. The highest BCUT2D eigenvalue weighted by molar-refractivity contribution is 6.38. The highest BCUT2D eigenvalue weighted by atomic mass is 35.5. The number of hydrogen-bond acceptors (Lipinski definition) is 7. The minimum absolute atomic E-state index is 0.0264. The van der Waals surface area contributed by atoms with Gasteiger partial charge in [-0.25, -0.2) is 9.59 Å². The number of halogens is 2. The van der Waals surface area contributed by atoms with E-state index in [2.05, 4.69) is 5.32 Å². The Bertz CT molecular complexity index is 1060. The second-order valence-electron chi connectivity index (χ2n) is 6.32. The Hall–Kier alpha value is -3.07. The predicted octanol–water partition coefficient (Wildman–Crippen LogP) is 3.64. The lowest BCUT2D eigenvalue weighted by atomic mass is 10.1. The molecule has 8 nitrogen and oxygen atoms in total. The zero-order valence-corrected chi connectivity index (χ0v) is 18.1. The Kier molecular flexibility index (Phi) is 7.17. The molecule has 3 rings (SSSR count). The van der Waals surface area contributed by atoms with E-state index in [4.69, 9.17) is 37.4 Å². The molecule has 0 fully saturated rings. The molecule has 2 aromatic rings. The van der Waals surface area contributed by atoms with Crippen LogP contribution in [0.1, 0.15) is 10.4 Å². The van der Waals surface area contributed by atoms with Gasteiger partial charge in [0.2, 0.25) is 0 Å². The summed E-state index contributed by atoms with van der Waals surface area (Å²) in [7, 11) is 2.38. The Morgan fingerprint density at radius 1 is 1.00 bits per heavy atom. The van der Waals surface area contributed by atoms with Crippen LogP contribution in [0.3, 0.4) is 0 Å². The number of amides is 1. The van der Waals surface area contributed by atoms with Crippen LogP contribution in [0.25, 0.3) is 0 Å². The summed E-state index contributed by atoms with van der Waals surface area (Å²) in [5.74, 6) is -1.90. The van der Waals surface area contributed by atoms with Crippen LogP contribution in [0.15, 0.2) is 53.7 Å². The number of benzene rings is 2. The summed E-state index contributed by atoms with van der Waals surface area (Å²) in [6.45, 7) is -0.241. The molecule has 0 saturated heterocycles. The molecule has 10 heteroatoms. The fraction of sp³-hybridized carbons (Fsp3) is 0.190. The molecule has 0 saturated carbocycles. The number of hydrogen-bond donors (Lipinski definition) is 1. The highest BCUT2D eigenvalue weighted by Crippen LogP contribution is 2.38. The van der Waals surface area contributed by atoms with Crippen molar-refractivity contribution >= 4 is 52.4 Å². The van der Waals surface area contributed by atoms with Crippen molar-refractivity contribution in [2.24, 2.45) is 0 Å². The van der Waals surface area contributed by atoms with Gasteiger partial charge in [0, 0.05) is 5.56 Å². The van der Waals surface area contributed by atoms with Gasteiger partial charge in [-0.2, -0.15) is 0 Å². The van der Waals surface area contributed by atoms with Crippen molar-refractivity contribution in [3.63, 3.8) is 0 Å². The van der Waals surface area contributed by atoms with Crippen LogP contribution in [-0.2, 0) is 23.8 Å². The first-order valence-electron chi connectivity index (χ1n) is 8.97. The Labute approximate surface area is 188 Å². The van der Waals surface area contributed by atoms with Gasteiger partial charge in [-0.1, -0.05) is 41.4 Å². The maximum Gasteiger partial charge on any atom is 0.355 e. The van der Waals surface area contributed by atoms with E-state index < -0.39 is 11.9 Å². The summed E-state index contributed by atoms with van der Waals surface area (Å²) < 4.78 is 15.0. The number of esters is 2. The van der Waals surface area contributed by atoms with Gasteiger partial charge in [0.15, 0.2) is 0 Å². The van der Waals surface area contributed by atoms with Gasteiger partial charge >= 0.3 is 11.9 Å². The zero-order valence-electron chi connectivity index (χ0n) is 16.6. The Balaban J connectivity index is 2.05. The van der Waals surface area contributed by atoms with Crippen molar-refractivity contribution < 1.29 is 28.6 Å². The summed E-state index contributed by atoms with van der Waals surface area (Å²) in [4.78, 5) is 38.6. The summed E-state index contributed by atoms with van der Waals surface area (Å²) >= 11 is 12.7. The lowest BCUT2D eigenvalue weighted by Gasteiger charge is -2.32. The van der Waals surface area contributed by atoms with Gasteiger partial charge in [-0.05, 0) is 24.3 Å². The largest absolute Gasteiger partial charge is 0.466 e. The topological polar surface area (TPSA) is 94.2 Å². The Morgan fingerprint density at radius 3 is 2.32 bits per heavy atom. The smallest absolute Gasteiger partial charge is 0.355 e. The number of carbonyl (C=O) groups is 3. The van der Waals surface area contributed by atoms with Gasteiger partial charge in [-0.15, -0.1) is 0 Å². The fourth-order valence-corrected chi connectivity index (χ4v) is 3.49. The molecule has 1 amide bonds. The summed E-state index contributed by atoms with van der Waals surface area (Å²) in [5.41, 5.74) is 0.853. The molecule has 2 aromatic carbocycles. The molecule has 162 valence electrons. The molecule has 0 atom stereocenters. The first kappa shape index (κ1) is 22.6. The zero-order chi connectivity index (χ0) is 22.5. The van der Waals surface area contributed by atoms with Crippen LogP contribution in [0, 0.1) is 0 Å². The minimum atomic E-state index is -0.774. The molecule has 0 aromatic heterocycles. The van der Waals surface area contributed by atoms with Gasteiger partial charge in [-0.3, -0.25) is 4.79 Å². The van der Waals surface area contributed by atoms with Gasteiger partial charge in [0.1, 0.15) is 12.4 Å².